The van der Waals surface area contributed by atoms with Crippen molar-refractivity contribution in [2.24, 2.45) is 5.92 Å². The van der Waals surface area contributed by atoms with E-state index < -0.39 is 35.8 Å². The number of benzene rings is 2. The molecule has 2 aromatic carbocycles. The van der Waals surface area contributed by atoms with Gasteiger partial charge >= 0.3 is 6.03 Å². The molecule has 3 aromatic rings. The number of nitrogens with one attached hydrogen (secondary N) is 2. The maximum absolute atomic E-state index is 14.3. The Kier molecular flexibility index (Phi) is 8.30. The second kappa shape index (κ2) is 11.9. The fourth-order valence-corrected chi connectivity index (χ4v) is 6.58. The van der Waals surface area contributed by atoms with Crippen LogP contribution in [0.25, 0.3) is 0 Å². The SMILES string of the molecule is CCNC(=O)N1C(C(=O)N2CCNCC2)C(c2ccc(Cl)cc2)C(C(=O)c2cccs2)C1c1ccc(F)cc1. The molecule has 2 aliphatic rings. The van der Waals surface area contributed by atoms with E-state index in [1.165, 1.54) is 28.4 Å². The molecule has 7 nitrogen and oxygen atoms in total. The van der Waals surface area contributed by atoms with Crippen LogP contribution in [0.2, 0.25) is 5.02 Å². The molecule has 0 spiro atoms. The summed E-state index contributed by atoms with van der Waals surface area (Å²) in [6.07, 6.45) is 0. The predicted octanol–water partition coefficient (Wildman–Crippen LogP) is 4.71. The van der Waals surface area contributed by atoms with Gasteiger partial charge in [0.25, 0.3) is 0 Å². The fraction of sp³-hybridized carbons (Fsp3) is 0.345. The summed E-state index contributed by atoms with van der Waals surface area (Å²) in [5, 5.41) is 8.48. The van der Waals surface area contributed by atoms with Crippen LogP contribution in [0.15, 0.2) is 66.0 Å². The van der Waals surface area contributed by atoms with E-state index in [0.29, 0.717) is 48.2 Å². The van der Waals surface area contributed by atoms with Crippen molar-refractivity contribution in [3.8, 4) is 0 Å². The lowest BCUT2D eigenvalue weighted by molar-refractivity contribution is -0.136. The summed E-state index contributed by atoms with van der Waals surface area (Å²) in [6.45, 7) is 4.43. The van der Waals surface area contributed by atoms with Gasteiger partial charge in [-0.3, -0.25) is 9.59 Å². The summed E-state index contributed by atoms with van der Waals surface area (Å²) in [6, 6.07) is 14.3. The van der Waals surface area contributed by atoms with Crippen LogP contribution in [0.4, 0.5) is 9.18 Å². The van der Waals surface area contributed by atoms with E-state index in [1.54, 1.807) is 42.2 Å². The molecule has 10 heteroatoms. The molecule has 2 aliphatic heterocycles. The summed E-state index contributed by atoms with van der Waals surface area (Å²) in [4.78, 5) is 46.3. The molecule has 2 fully saturated rings. The number of Topliss-reactive ketones (excluding diaryl/α,β-unsaturated/α-hetero) is 1. The summed E-state index contributed by atoms with van der Waals surface area (Å²) in [5.74, 6) is -2.25. The second-order valence-corrected chi connectivity index (χ2v) is 11.1. The van der Waals surface area contributed by atoms with Crippen LogP contribution in [0.5, 0.6) is 0 Å². The smallest absolute Gasteiger partial charge is 0.318 e. The maximum atomic E-state index is 14.3. The van der Waals surface area contributed by atoms with Gasteiger partial charge in [-0.1, -0.05) is 41.9 Å². The van der Waals surface area contributed by atoms with Crippen LogP contribution in [0, 0.1) is 11.7 Å². The number of carbonyl (C=O) groups is 3. The fourth-order valence-electron chi connectivity index (χ4n) is 5.74. The number of thiophene rings is 1. The van der Waals surface area contributed by atoms with Gasteiger partial charge in [-0.05, 0) is 53.8 Å². The van der Waals surface area contributed by atoms with Gasteiger partial charge in [-0.2, -0.15) is 0 Å². The molecule has 204 valence electrons. The van der Waals surface area contributed by atoms with Crippen molar-refractivity contribution in [3.63, 3.8) is 0 Å². The number of urea groups is 1. The summed E-state index contributed by atoms with van der Waals surface area (Å²) >= 11 is 7.54. The summed E-state index contributed by atoms with van der Waals surface area (Å²) in [7, 11) is 0. The highest BCUT2D eigenvalue weighted by Crippen LogP contribution is 2.52. The number of halogens is 2. The third-order valence-corrected chi connectivity index (χ3v) is 8.58. The zero-order valence-electron chi connectivity index (χ0n) is 21.5. The molecule has 0 radical (unpaired) electrons. The van der Waals surface area contributed by atoms with Crippen molar-refractivity contribution in [1.29, 1.82) is 0 Å². The Labute approximate surface area is 235 Å². The number of carbonyl (C=O) groups excluding carboxylic acids is 3. The molecule has 39 heavy (non-hydrogen) atoms. The van der Waals surface area contributed by atoms with Crippen molar-refractivity contribution < 1.29 is 18.8 Å². The standard InChI is InChI=1S/C29H30ClFN4O3S/c1-2-33-29(38)35-25(19-7-11-21(31)12-8-19)24(27(36)22-4-3-17-39-22)23(18-5-9-20(30)10-6-18)26(35)28(37)34-15-13-32-14-16-34/h3-12,17,23-26,32H,2,13-16H2,1H3,(H,33,38). The van der Waals surface area contributed by atoms with Gasteiger partial charge in [0.2, 0.25) is 5.91 Å². The number of rotatable bonds is 6. The van der Waals surface area contributed by atoms with E-state index in [4.69, 9.17) is 11.6 Å². The van der Waals surface area contributed by atoms with Gasteiger partial charge in [0.15, 0.2) is 5.78 Å². The number of piperazine rings is 1. The van der Waals surface area contributed by atoms with Crippen LogP contribution in [-0.2, 0) is 4.79 Å². The lowest BCUT2D eigenvalue weighted by atomic mass is 9.77. The van der Waals surface area contributed by atoms with Gasteiger partial charge in [0.1, 0.15) is 11.9 Å². The third-order valence-electron chi connectivity index (χ3n) is 7.44. The Balaban J connectivity index is 1.74. The molecule has 5 rings (SSSR count). The molecule has 2 N–H and O–H groups in total. The van der Waals surface area contributed by atoms with Gasteiger partial charge in [-0.25, -0.2) is 9.18 Å². The Morgan fingerprint density at radius 1 is 1.03 bits per heavy atom. The van der Waals surface area contributed by atoms with Crippen molar-refractivity contribution in [2.45, 2.75) is 24.9 Å². The average Bonchev–Trinajstić information content (AvgIpc) is 3.61. The number of ketones is 1. The van der Waals surface area contributed by atoms with E-state index in [0.717, 1.165) is 5.56 Å². The highest BCUT2D eigenvalue weighted by Gasteiger charge is 2.58. The van der Waals surface area contributed by atoms with E-state index in [2.05, 4.69) is 10.6 Å². The Hall–Kier alpha value is -3.27. The molecule has 0 saturated carbocycles. The number of nitrogens with zero attached hydrogens (tertiary/aromatic N) is 2. The van der Waals surface area contributed by atoms with Gasteiger partial charge in [0, 0.05) is 43.7 Å². The molecule has 3 amide bonds. The Morgan fingerprint density at radius 2 is 1.69 bits per heavy atom. The zero-order chi connectivity index (χ0) is 27.5. The average molecular weight is 569 g/mol. The van der Waals surface area contributed by atoms with E-state index in [-0.39, 0.29) is 11.7 Å². The molecule has 4 atom stereocenters. The summed E-state index contributed by atoms with van der Waals surface area (Å²) in [5.41, 5.74) is 1.33. The van der Waals surface area contributed by atoms with Gasteiger partial charge in [-0.15, -0.1) is 11.3 Å². The summed E-state index contributed by atoms with van der Waals surface area (Å²) < 4.78 is 14.0. The minimum absolute atomic E-state index is 0.163. The van der Waals surface area contributed by atoms with E-state index in [1.807, 2.05) is 23.6 Å². The largest absolute Gasteiger partial charge is 0.338 e. The molecule has 2 saturated heterocycles. The Morgan fingerprint density at radius 3 is 2.31 bits per heavy atom. The first-order valence-electron chi connectivity index (χ1n) is 13.0. The monoisotopic (exact) mass is 568 g/mol. The van der Waals surface area contributed by atoms with Crippen LogP contribution in [0.1, 0.15) is 39.7 Å². The molecule has 1 aromatic heterocycles. The first-order chi connectivity index (χ1) is 18.9. The van der Waals surface area contributed by atoms with Crippen molar-refractivity contribution in [3.05, 3.63) is 92.9 Å². The number of hydrogen-bond acceptors (Lipinski definition) is 5. The van der Waals surface area contributed by atoms with Crippen LogP contribution < -0.4 is 10.6 Å². The first-order valence-corrected chi connectivity index (χ1v) is 14.3. The number of likely N-dealkylation sites (tertiary alicyclic amines) is 1. The van der Waals surface area contributed by atoms with Gasteiger partial charge in [0.05, 0.1) is 16.8 Å². The van der Waals surface area contributed by atoms with Crippen LogP contribution in [0.3, 0.4) is 0 Å². The highest BCUT2D eigenvalue weighted by molar-refractivity contribution is 7.12. The van der Waals surface area contributed by atoms with Crippen molar-refractivity contribution in [2.75, 3.05) is 32.7 Å². The second-order valence-electron chi connectivity index (χ2n) is 9.70. The van der Waals surface area contributed by atoms with Crippen LogP contribution in [-0.4, -0.2) is 66.3 Å². The molecule has 3 heterocycles. The quantitative estimate of drug-likeness (QED) is 0.422. The molecule has 0 aliphatic carbocycles. The molecule has 0 bridgehead atoms. The lowest BCUT2D eigenvalue weighted by Gasteiger charge is -2.36. The van der Waals surface area contributed by atoms with E-state index in [9.17, 15) is 18.8 Å². The zero-order valence-corrected chi connectivity index (χ0v) is 23.1. The molecule has 4 unspecified atom stereocenters. The van der Waals surface area contributed by atoms with Crippen LogP contribution >= 0.6 is 22.9 Å². The minimum Gasteiger partial charge on any atom is -0.338 e. The minimum atomic E-state index is -0.959. The number of hydrogen-bond donors (Lipinski definition) is 2. The normalized spacial score (nSPS) is 23.1. The molecular weight excluding hydrogens is 539 g/mol. The topological polar surface area (TPSA) is 81.8 Å². The maximum Gasteiger partial charge on any atom is 0.318 e. The highest BCUT2D eigenvalue weighted by atomic mass is 35.5. The number of amides is 3. The predicted molar refractivity (Wildman–Crippen MR) is 150 cm³/mol. The lowest BCUT2D eigenvalue weighted by Crippen LogP contribution is -2.56. The molecular formula is C29H30ClFN4O3S. The van der Waals surface area contributed by atoms with Crippen molar-refractivity contribution >= 4 is 40.7 Å². The van der Waals surface area contributed by atoms with Gasteiger partial charge < -0.3 is 20.4 Å². The Bertz CT molecular complexity index is 1310. The third kappa shape index (κ3) is 5.44. The first kappa shape index (κ1) is 27.3. The van der Waals surface area contributed by atoms with Crippen molar-refractivity contribution in [1.82, 2.24) is 20.4 Å². The van der Waals surface area contributed by atoms with E-state index >= 15 is 0 Å².